The largest absolute Gasteiger partial charge is 0.335 e. The Labute approximate surface area is 97.5 Å². The van der Waals surface area contributed by atoms with Gasteiger partial charge in [-0.15, -0.1) is 0 Å². The smallest absolute Gasteiger partial charge is 0.321 e. The monoisotopic (exact) mass is 220 g/mol. The fourth-order valence-corrected chi connectivity index (χ4v) is 1.53. The first-order valence-electron chi connectivity index (χ1n) is 5.78. The molecule has 2 amide bonds. The van der Waals surface area contributed by atoms with Crippen molar-refractivity contribution in [3.63, 3.8) is 0 Å². The van der Waals surface area contributed by atoms with Crippen molar-refractivity contribution in [1.29, 1.82) is 0 Å². The van der Waals surface area contributed by atoms with Gasteiger partial charge in [0.25, 0.3) is 0 Å². The number of hydrogen-bond acceptors (Lipinski definition) is 1. The summed E-state index contributed by atoms with van der Waals surface area (Å²) in [6.45, 7) is 4.16. The van der Waals surface area contributed by atoms with Crippen LogP contribution in [-0.2, 0) is 0 Å². The van der Waals surface area contributed by atoms with Gasteiger partial charge in [0.15, 0.2) is 0 Å². The Morgan fingerprint density at radius 1 is 1.25 bits per heavy atom. The van der Waals surface area contributed by atoms with Crippen molar-refractivity contribution in [3.8, 4) is 0 Å². The topological polar surface area (TPSA) is 32.3 Å². The van der Waals surface area contributed by atoms with Crippen LogP contribution in [0.5, 0.6) is 0 Å². The highest BCUT2D eigenvalue weighted by molar-refractivity contribution is 5.91. The number of para-hydroxylation sites is 1. The zero-order chi connectivity index (χ0) is 12.0. The highest BCUT2D eigenvalue weighted by atomic mass is 16.2. The van der Waals surface area contributed by atoms with E-state index in [4.69, 9.17) is 0 Å². The van der Waals surface area contributed by atoms with Gasteiger partial charge < -0.3 is 5.32 Å². The summed E-state index contributed by atoms with van der Waals surface area (Å²) in [7, 11) is 1.78. The predicted octanol–water partition coefficient (Wildman–Crippen LogP) is 3.02. The molecule has 0 atom stereocenters. The number of carbonyl (C=O) groups is 1. The number of rotatable bonds is 4. The van der Waals surface area contributed by atoms with Gasteiger partial charge >= 0.3 is 6.03 Å². The van der Waals surface area contributed by atoms with E-state index >= 15 is 0 Å². The fourth-order valence-electron chi connectivity index (χ4n) is 1.53. The molecule has 16 heavy (non-hydrogen) atoms. The van der Waals surface area contributed by atoms with E-state index in [0.717, 1.165) is 18.5 Å². The van der Waals surface area contributed by atoms with Crippen molar-refractivity contribution in [2.45, 2.75) is 32.7 Å². The van der Waals surface area contributed by atoms with Gasteiger partial charge in [-0.05, 0) is 25.0 Å². The molecule has 0 aliphatic rings. The summed E-state index contributed by atoms with van der Waals surface area (Å²) in [6, 6.07) is 9.86. The summed E-state index contributed by atoms with van der Waals surface area (Å²) in [6.07, 6.45) is 1.93. The summed E-state index contributed by atoms with van der Waals surface area (Å²) in [5, 5.41) is 3.00. The molecule has 0 spiro atoms. The lowest BCUT2D eigenvalue weighted by atomic mass is 10.2. The number of nitrogens with one attached hydrogen (secondary N) is 1. The normalized spacial score (nSPS) is 10.2. The van der Waals surface area contributed by atoms with E-state index in [2.05, 4.69) is 19.2 Å². The molecular formula is C13H20N2O. The van der Waals surface area contributed by atoms with E-state index < -0.39 is 0 Å². The minimum Gasteiger partial charge on any atom is -0.335 e. The molecule has 0 heterocycles. The van der Waals surface area contributed by atoms with E-state index in [1.165, 1.54) is 0 Å². The number of nitrogens with zero attached hydrogens (tertiary/aromatic N) is 1. The van der Waals surface area contributed by atoms with Crippen LogP contribution in [0.2, 0.25) is 0 Å². The van der Waals surface area contributed by atoms with Crippen LogP contribution in [0, 0.1) is 0 Å². The van der Waals surface area contributed by atoms with Crippen molar-refractivity contribution >= 4 is 11.7 Å². The Bertz CT molecular complexity index is 320. The number of amides is 2. The van der Waals surface area contributed by atoms with E-state index in [9.17, 15) is 4.79 Å². The predicted molar refractivity (Wildman–Crippen MR) is 67.7 cm³/mol. The third-order valence-electron chi connectivity index (χ3n) is 2.76. The van der Waals surface area contributed by atoms with E-state index in [0.29, 0.717) is 0 Å². The molecule has 0 fully saturated rings. The van der Waals surface area contributed by atoms with E-state index in [-0.39, 0.29) is 12.1 Å². The zero-order valence-corrected chi connectivity index (χ0v) is 10.2. The molecule has 0 saturated heterocycles. The van der Waals surface area contributed by atoms with Crippen molar-refractivity contribution < 1.29 is 4.79 Å². The molecule has 0 radical (unpaired) electrons. The fraction of sp³-hybridized carbons (Fsp3) is 0.462. The maximum Gasteiger partial charge on any atom is 0.321 e. The molecule has 1 N–H and O–H groups in total. The Kier molecular flexibility index (Phi) is 4.83. The number of carbonyl (C=O) groups excluding carboxylic acids is 1. The van der Waals surface area contributed by atoms with Gasteiger partial charge in [-0.2, -0.15) is 0 Å². The molecule has 0 aliphatic heterocycles. The SMILES string of the molecule is CCC(CC)NC(=O)N(C)c1ccccc1. The molecule has 0 aliphatic carbocycles. The van der Waals surface area contributed by atoms with Gasteiger partial charge in [0, 0.05) is 18.8 Å². The molecule has 1 rings (SSSR count). The number of benzene rings is 1. The second-order valence-electron chi connectivity index (χ2n) is 3.86. The summed E-state index contributed by atoms with van der Waals surface area (Å²) < 4.78 is 0. The summed E-state index contributed by atoms with van der Waals surface area (Å²) in [5.41, 5.74) is 0.908. The van der Waals surface area contributed by atoms with Gasteiger partial charge in [0.05, 0.1) is 0 Å². The second-order valence-corrected chi connectivity index (χ2v) is 3.86. The third kappa shape index (κ3) is 3.26. The molecule has 3 heteroatoms. The molecule has 0 unspecified atom stereocenters. The van der Waals surface area contributed by atoms with Gasteiger partial charge in [-0.1, -0.05) is 32.0 Å². The van der Waals surface area contributed by atoms with Crippen LogP contribution >= 0.6 is 0 Å². The molecule has 0 aromatic heterocycles. The molecule has 1 aromatic carbocycles. The summed E-state index contributed by atoms with van der Waals surface area (Å²) in [5.74, 6) is 0. The first-order valence-corrected chi connectivity index (χ1v) is 5.78. The number of anilines is 1. The lowest BCUT2D eigenvalue weighted by molar-refractivity contribution is 0.243. The zero-order valence-electron chi connectivity index (χ0n) is 10.2. The van der Waals surface area contributed by atoms with Crippen LogP contribution in [0.4, 0.5) is 10.5 Å². The average Bonchev–Trinajstić information content (AvgIpc) is 2.35. The lowest BCUT2D eigenvalue weighted by Gasteiger charge is -2.22. The number of hydrogen-bond donors (Lipinski definition) is 1. The first-order chi connectivity index (χ1) is 7.69. The highest BCUT2D eigenvalue weighted by Gasteiger charge is 2.13. The summed E-state index contributed by atoms with van der Waals surface area (Å²) in [4.78, 5) is 13.5. The standard InChI is InChI=1S/C13H20N2O/c1-4-11(5-2)14-13(16)15(3)12-9-7-6-8-10-12/h6-11H,4-5H2,1-3H3,(H,14,16). The quantitative estimate of drug-likeness (QED) is 0.831. The van der Waals surface area contributed by atoms with Gasteiger partial charge in [-0.3, -0.25) is 4.90 Å². The molecule has 1 aromatic rings. The highest BCUT2D eigenvalue weighted by Crippen LogP contribution is 2.11. The van der Waals surface area contributed by atoms with Gasteiger partial charge in [0.2, 0.25) is 0 Å². The second kappa shape index (κ2) is 6.16. The van der Waals surface area contributed by atoms with Crippen LogP contribution in [0.15, 0.2) is 30.3 Å². The Balaban J connectivity index is 2.61. The number of urea groups is 1. The van der Waals surface area contributed by atoms with Crippen LogP contribution < -0.4 is 10.2 Å². The van der Waals surface area contributed by atoms with Crippen LogP contribution in [-0.4, -0.2) is 19.1 Å². The van der Waals surface area contributed by atoms with E-state index in [1.807, 2.05) is 30.3 Å². The third-order valence-corrected chi connectivity index (χ3v) is 2.76. The Morgan fingerprint density at radius 2 is 1.81 bits per heavy atom. The Hall–Kier alpha value is -1.51. The van der Waals surface area contributed by atoms with Gasteiger partial charge in [0.1, 0.15) is 0 Å². The van der Waals surface area contributed by atoms with Crippen LogP contribution in [0.1, 0.15) is 26.7 Å². The lowest BCUT2D eigenvalue weighted by Crippen LogP contribution is -2.42. The van der Waals surface area contributed by atoms with Crippen LogP contribution in [0.25, 0.3) is 0 Å². The maximum absolute atomic E-state index is 11.9. The van der Waals surface area contributed by atoms with Crippen molar-refractivity contribution in [2.24, 2.45) is 0 Å². The molecule has 88 valence electrons. The molecular weight excluding hydrogens is 200 g/mol. The average molecular weight is 220 g/mol. The first kappa shape index (κ1) is 12.6. The van der Waals surface area contributed by atoms with Crippen molar-refractivity contribution in [2.75, 3.05) is 11.9 Å². The van der Waals surface area contributed by atoms with E-state index in [1.54, 1.807) is 11.9 Å². The van der Waals surface area contributed by atoms with Crippen molar-refractivity contribution in [1.82, 2.24) is 5.32 Å². The molecule has 0 saturated carbocycles. The molecule has 3 nitrogen and oxygen atoms in total. The Morgan fingerprint density at radius 3 is 2.31 bits per heavy atom. The van der Waals surface area contributed by atoms with Gasteiger partial charge in [-0.25, -0.2) is 4.79 Å². The minimum absolute atomic E-state index is 0.0418. The molecule has 0 bridgehead atoms. The van der Waals surface area contributed by atoms with Crippen LogP contribution in [0.3, 0.4) is 0 Å². The minimum atomic E-state index is -0.0418. The maximum atomic E-state index is 11.9. The van der Waals surface area contributed by atoms with Crippen molar-refractivity contribution in [3.05, 3.63) is 30.3 Å². The summed E-state index contributed by atoms with van der Waals surface area (Å²) >= 11 is 0.